The monoisotopic (exact) mass is 333 g/mol. The summed E-state index contributed by atoms with van der Waals surface area (Å²) in [6.45, 7) is 0. The first-order valence-electron chi connectivity index (χ1n) is 4.47. The van der Waals surface area contributed by atoms with Crippen LogP contribution in [0.1, 0.15) is 0 Å². The summed E-state index contributed by atoms with van der Waals surface area (Å²) in [6, 6.07) is 5.20. The topological polar surface area (TPSA) is 61.0 Å². The molecule has 2 aromatic rings. The van der Waals surface area contributed by atoms with Crippen LogP contribution in [0, 0.1) is 0 Å². The van der Waals surface area contributed by atoms with Crippen molar-refractivity contribution in [1.82, 2.24) is 9.97 Å². The van der Waals surface area contributed by atoms with E-state index in [2.05, 4.69) is 25.9 Å². The molecule has 0 saturated heterocycles. The number of aromatic nitrogens is 2. The number of nitrogen functional groups attached to an aromatic ring is 1. The lowest BCUT2D eigenvalue weighted by atomic mass is 10.3. The summed E-state index contributed by atoms with van der Waals surface area (Å²) in [7, 11) is 0. The van der Waals surface area contributed by atoms with Gasteiger partial charge in [-0.05, 0) is 18.2 Å². The van der Waals surface area contributed by atoms with E-state index in [0.29, 0.717) is 10.8 Å². The Bertz CT molecular complexity index is 516. The van der Waals surface area contributed by atoms with Gasteiger partial charge in [0.1, 0.15) is 10.8 Å². The van der Waals surface area contributed by atoms with Gasteiger partial charge in [-0.3, -0.25) is 0 Å². The zero-order valence-corrected chi connectivity index (χ0v) is 11.4. The molecule has 1 heterocycles. The maximum atomic E-state index is 5.97. The average molecular weight is 335 g/mol. The van der Waals surface area contributed by atoms with E-state index in [1.165, 1.54) is 6.20 Å². The lowest BCUT2D eigenvalue weighted by molar-refractivity contribution is 0.463. The summed E-state index contributed by atoms with van der Waals surface area (Å²) in [5, 5.41) is 0.705. The van der Waals surface area contributed by atoms with Gasteiger partial charge in [0.25, 0.3) is 0 Å². The van der Waals surface area contributed by atoms with Crippen LogP contribution < -0.4 is 10.5 Å². The average Bonchev–Trinajstić information content (AvgIpc) is 2.28. The first kappa shape index (κ1) is 12.4. The molecule has 1 aromatic heterocycles. The van der Waals surface area contributed by atoms with Crippen molar-refractivity contribution in [3.63, 3.8) is 0 Å². The highest BCUT2D eigenvalue weighted by atomic mass is 79.9. The Kier molecular flexibility index (Phi) is 3.71. The minimum Gasteiger partial charge on any atom is -0.436 e. The van der Waals surface area contributed by atoms with Crippen molar-refractivity contribution in [3.05, 3.63) is 38.9 Å². The number of halogens is 3. The molecule has 0 aliphatic rings. The summed E-state index contributed by atoms with van der Waals surface area (Å²) < 4.78 is 6.31. The Balaban J connectivity index is 2.37. The van der Waals surface area contributed by atoms with Gasteiger partial charge in [0.2, 0.25) is 11.8 Å². The first-order chi connectivity index (χ1) is 8.06. The molecule has 0 radical (unpaired) electrons. The van der Waals surface area contributed by atoms with Gasteiger partial charge in [-0.25, -0.2) is 4.98 Å². The number of hydrogen-bond acceptors (Lipinski definition) is 4. The molecule has 0 atom stereocenters. The van der Waals surface area contributed by atoms with Crippen molar-refractivity contribution in [2.24, 2.45) is 0 Å². The quantitative estimate of drug-likeness (QED) is 0.904. The molecule has 0 amide bonds. The molecule has 0 aliphatic heterocycles. The molecule has 7 heteroatoms. The van der Waals surface area contributed by atoms with E-state index in [1.807, 2.05) is 0 Å². The fraction of sp³-hybridized carbons (Fsp3) is 0. The number of anilines is 1. The van der Waals surface area contributed by atoms with Crippen molar-refractivity contribution in [2.45, 2.75) is 0 Å². The van der Waals surface area contributed by atoms with Crippen LogP contribution in [-0.4, -0.2) is 9.97 Å². The Morgan fingerprint density at radius 2 is 2.00 bits per heavy atom. The third kappa shape index (κ3) is 3.00. The predicted molar refractivity (Wildman–Crippen MR) is 70.7 cm³/mol. The van der Waals surface area contributed by atoms with Crippen LogP contribution in [-0.2, 0) is 0 Å². The number of benzene rings is 1. The van der Waals surface area contributed by atoms with Gasteiger partial charge in [-0.1, -0.05) is 39.1 Å². The molecule has 0 bridgehead atoms. The highest BCUT2D eigenvalue weighted by Crippen LogP contribution is 2.33. The van der Waals surface area contributed by atoms with Crippen molar-refractivity contribution >= 4 is 45.1 Å². The molecular weight excluding hydrogens is 329 g/mol. The van der Waals surface area contributed by atoms with Crippen LogP contribution in [0.15, 0.2) is 28.9 Å². The molecule has 17 heavy (non-hydrogen) atoms. The summed E-state index contributed by atoms with van der Waals surface area (Å²) >= 11 is 15.2. The van der Waals surface area contributed by atoms with Gasteiger partial charge in [0.05, 0.1) is 11.2 Å². The van der Waals surface area contributed by atoms with Crippen molar-refractivity contribution in [2.75, 3.05) is 5.73 Å². The third-order valence-corrected chi connectivity index (χ3v) is 2.90. The van der Waals surface area contributed by atoms with Crippen LogP contribution in [0.5, 0.6) is 11.6 Å². The van der Waals surface area contributed by atoms with Crippen LogP contribution in [0.2, 0.25) is 10.0 Å². The first-order valence-corrected chi connectivity index (χ1v) is 6.02. The van der Waals surface area contributed by atoms with Crippen LogP contribution in [0.25, 0.3) is 0 Å². The van der Waals surface area contributed by atoms with E-state index in [-0.39, 0.29) is 16.9 Å². The maximum Gasteiger partial charge on any atom is 0.243 e. The van der Waals surface area contributed by atoms with E-state index < -0.39 is 0 Å². The summed E-state index contributed by atoms with van der Waals surface area (Å²) in [4.78, 5) is 7.61. The van der Waals surface area contributed by atoms with E-state index in [4.69, 9.17) is 33.7 Å². The summed E-state index contributed by atoms with van der Waals surface area (Å²) in [5.41, 5.74) is 5.45. The van der Waals surface area contributed by atoms with Gasteiger partial charge in [-0.2, -0.15) is 4.98 Å². The normalized spacial score (nSPS) is 10.3. The minimum atomic E-state index is 0.0792. The highest BCUT2D eigenvalue weighted by Gasteiger charge is 2.09. The smallest absolute Gasteiger partial charge is 0.243 e. The molecule has 88 valence electrons. The largest absolute Gasteiger partial charge is 0.436 e. The number of nitrogens with two attached hydrogens (primary N) is 1. The van der Waals surface area contributed by atoms with Gasteiger partial charge in [-0.15, -0.1) is 0 Å². The highest BCUT2D eigenvalue weighted by molar-refractivity contribution is 9.10. The number of rotatable bonds is 2. The molecule has 2 N–H and O–H groups in total. The molecule has 0 spiro atoms. The van der Waals surface area contributed by atoms with Gasteiger partial charge >= 0.3 is 0 Å². The third-order valence-electron chi connectivity index (χ3n) is 1.83. The molecular formula is C10H6BrCl2N3O. The van der Waals surface area contributed by atoms with Crippen LogP contribution in [0.3, 0.4) is 0 Å². The molecule has 2 rings (SSSR count). The van der Waals surface area contributed by atoms with E-state index in [9.17, 15) is 0 Å². The zero-order valence-electron chi connectivity index (χ0n) is 8.32. The predicted octanol–water partition coefficient (Wildman–Crippen LogP) is 3.92. The minimum absolute atomic E-state index is 0.0792. The second-order valence-electron chi connectivity index (χ2n) is 3.06. The van der Waals surface area contributed by atoms with Crippen molar-refractivity contribution < 1.29 is 4.74 Å². The summed E-state index contributed by atoms with van der Waals surface area (Å²) in [5.74, 6) is 0.677. The molecule has 0 saturated carbocycles. The van der Waals surface area contributed by atoms with Crippen molar-refractivity contribution in [3.8, 4) is 11.6 Å². The number of hydrogen-bond donors (Lipinski definition) is 1. The van der Waals surface area contributed by atoms with Gasteiger partial charge in [0.15, 0.2) is 0 Å². The van der Waals surface area contributed by atoms with E-state index >= 15 is 0 Å². The number of ether oxygens (including phenoxy) is 1. The standard InChI is InChI=1S/C10H6BrCl2N3O/c11-5-1-2-6(12)8(3-5)17-9-7(13)4-15-10(14)16-9/h1-4H,(H2,14,15,16). The Morgan fingerprint density at radius 3 is 2.76 bits per heavy atom. The Morgan fingerprint density at radius 1 is 1.24 bits per heavy atom. The van der Waals surface area contributed by atoms with Crippen LogP contribution in [0.4, 0.5) is 5.95 Å². The molecule has 1 aromatic carbocycles. The molecule has 0 fully saturated rings. The van der Waals surface area contributed by atoms with Crippen LogP contribution >= 0.6 is 39.1 Å². The SMILES string of the molecule is Nc1ncc(Cl)c(Oc2cc(Br)ccc2Cl)n1. The maximum absolute atomic E-state index is 5.97. The molecule has 4 nitrogen and oxygen atoms in total. The zero-order chi connectivity index (χ0) is 12.4. The molecule has 0 unspecified atom stereocenters. The summed E-state index contributed by atoms with van der Waals surface area (Å²) in [6.07, 6.45) is 1.37. The second kappa shape index (κ2) is 5.08. The van der Waals surface area contributed by atoms with Gasteiger partial charge in [0, 0.05) is 4.47 Å². The fourth-order valence-corrected chi connectivity index (χ4v) is 1.72. The van der Waals surface area contributed by atoms with E-state index in [1.54, 1.807) is 18.2 Å². The fourth-order valence-electron chi connectivity index (χ4n) is 1.10. The number of nitrogens with zero attached hydrogens (tertiary/aromatic N) is 2. The lowest BCUT2D eigenvalue weighted by Gasteiger charge is -2.08. The Hall–Kier alpha value is -1.04. The van der Waals surface area contributed by atoms with E-state index in [0.717, 1.165) is 4.47 Å². The lowest BCUT2D eigenvalue weighted by Crippen LogP contribution is -1.97. The Labute approximate surface area is 116 Å². The van der Waals surface area contributed by atoms with Gasteiger partial charge < -0.3 is 10.5 Å². The molecule has 0 aliphatic carbocycles. The van der Waals surface area contributed by atoms with Crippen molar-refractivity contribution in [1.29, 1.82) is 0 Å². The second-order valence-corrected chi connectivity index (χ2v) is 4.79.